The zero-order chi connectivity index (χ0) is 14.8. The minimum absolute atomic E-state index is 0.103. The second-order valence-electron chi connectivity index (χ2n) is 4.65. The molecule has 0 aliphatic carbocycles. The third-order valence-corrected chi connectivity index (χ3v) is 3.42. The number of hydrogen-bond donors (Lipinski definition) is 0. The number of carbonyl (C=O) groups excluding carboxylic acids is 1. The molecule has 2 aromatic carbocycles. The second-order valence-corrected chi connectivity index (χ2v) is 4.65. The highest BCUT2D eigenvalue weighted by molar-refractivity contribution is 5.83. The Bertz CT molecular complexity index is 863. The van der Waals surface area contributed by atoms with Crippen molar-refractivity contribution in [3.63, 3.8) is 0 Å². The van der Waals surface area contributed by atoms with Crippen LogP contribution in [-0.4, -0.2) is 18.0 Å². The molecular weight excluding hydrogens is 266 g/mol. The molecular formula is C17H13NO3. The lowest BCUT2D eigenvalue weighted by atomic mass is 10.1. The first-order chi connectivity index (χ1) is 10.2. The highest BCUT2D eigenvalue weighted by Crippen LogP contribution is 2.18. The highest BCUT2D eigenvalue weighted by Gasteiger charge is 2.05. The molecule has 0 saturated carbocycles. The molecule has 0 unspecified atom stereocenters. The van der Waals surface area contributed by atoms with Crippen LogP contribution in [0.5, 0.6) is 5.75 Å². The van der Waals surface area contributed by atoms with Crippen molar-refractivity contribution in [3.8, 4) is 11.4 Å². The van der Waals surface area contributed by atoms with Crippen molar-refractivity contribution in [1.29, 1.82) is 0 Å². The SMILES string of the molecule is COc1ccc2c(=O)n(-c3ccc(C=O)cc3)ccc2c1. The van der Waals surface area contributed by atoms with E-state index in [1.54, 1.807) is 54.3 Å². The molecule has 0 saturated heterocycles. The summed E-state index contributed by atoms with van der Waals surface area (Å²) in [6, 6.07) is 14.1. The first-order valence-electron chi connectivity index (χ1n) is 6.48. The van der Waals surface area contributed by atoms with Gasteiger partial charge in [0.05, 0.1) is 7.11 Å². The van der Waals surface area contributed by atoms with Crippen molar-refractivity contribution in [3.05, 3.63) is 70.6 Å². The Morgan fingerprint density at radius 1 is 1.05 bits per heavy atom. The maximum atomic E-state index is 12.5. The van der Waals surface area contributed by atoms with Gasteiger partial charge in [0.1, 0.15) is 12.0 Å². The number of pyridine rings is 1. The number of aldehydes is 1. The van der Waals surface area contributed by atoms with Gasteiger partial charge in [-0.15, -0.1) is 0 Å². The highest BCUT2D eigenvalue weighted by atomic mass is 16.5. The van der Waals surface area contributed by atoms with Crippen LogP contribution in [0.4, 0.5) is 0 Å². The van der Waals surface area contributed by atoms with Crippen LogP contribution in [0.25, 0.3) is 16.5 Å². The van der Waals surface area contributed by atoms with Gasteiger partial charge in [-0.2, -0.15) is 0 Å². The number of methoxy groups -OCH3 is 1. The van der Waals surface area contributed by atoms with Gasteiger partial charge in [0.25, 0.3) is 5.56 Å². The van der Waals surface area contributed by atoms with E-state index in [9.17, 15) is 9.59 Å². The number of fused-ring (bicyclic) bond motifs is 1. The maximum Gasteiger partial charge on any atom is 0.262 e. The molecule has 0 radical (unpaired) electrons. The smallest absolute Gasteiger partial charge is 0.262 e. The standard InChI is InChI=1S/C17H13NO3/c1-21-15-6-7-16-13(10-15)8-9-18(17(16)20)14-4-2-12(11-19)3-5-14/h2-11H,1H3. The van der Waals surface area contributed by atoms with Gasteiger partial charge in [-0.25, -0.2) is 0 Å². The molecule has 0 atom stereocenters. The Morgan fingerprint density at radius 2 is 1.81 bits per heavy atom. The van der Waals surface area contributed by atoms with Crippen LogP contribution in [0.15, 0.2) is 59.5 Å². The molecule has 0 amide bonds. The van der Waals surface area contributed by atoms with Crippen molar-refractivity contribution in [2.75, 3.05) is 7.11 Å². The van der Waals surface area contributed by atoms with E-state index in [2.05, 4.69) is 0 Å². The van der Waals surface area contributed by atoms with E-state index in [1.165, 1.54) is 0 Å². The fourth-order valence-corrected chi connectivity index (χ4v) is 2.27. The molecule has 0 aliphatic heterocycles. The van der Waals surface area contributed by atoms with E-state index in [1.807, 2.05) is 12.1 Å². The van der Waals surface area contributed by atoms with Crippen LogP contribution in [0.2, 0.25) is 0 Å². The number of benzene rings is 2. The van der Waals surface area contributed by atoms with E-state index < -0.39 is 0 Å². The first-order valence-corrected chi connectivity index (χ1v) is 6.48. The molecule has 4 heteroatoms. The van der Waals surface area contributed by atoms with Crippen LogP contribution in [0, 0.1) is 0 Å². The van der Waals surface area contributed by atoms with Crippen molar-refractivity contribution in [1.82, 2.24) is 4.57 Å². The van der Waals surface area contributed by atoms with Gasteiger partial charge in [-0.05, 0) is 53.9 Å². The first kappa shape index (κ1) is 13.1. The van der Waals surface area contributed by atoms with Gasteiger partial charge in [0, 0.05) is 22.8 Å². The lowest BCUT2D eigenvalue weighted by Gasteiger charge is -2.08. The second kappa shape index (κ2) is 5.25. The molecule has 0 fully saturated rings. The summed E-state index contributed by atoms with van der Waals surface area (Å²) in [5.74, 6) is 0.718. The summed E-state index contributed by atoms with van der Waals surface area (Å²) in [6.45, 7) is 0. The summed E-state index contributed by atoms with van der Waals surface area (Å²) in [4.78, 5) is 23.2. The minimum atomic E-state index is -0.103. The van der Waals surface area contributed by atoms with Crippen molar-refractivity contribution < 1.29 is 9.53 Å². The number of hydrogen-bond acceptors (Lipinski definition) is 3. The third kappa shape index (κ3) is 2.31. The lowest BCUT2D eigenvalue weighted by Crippen LogP contribution is -2.17. The van der Waals surface area contributed by atoms with E-state index in [4.69, 9.17) is 4.74 Å². The zero-order valence-corrected chi connectivity index (χ0v) is 11.4. The van der Waals surface area contributed by atoms with Crippen LogP contribution in [0.3, 0.4) is 0 Å². The minimum Gasteiger partial charge on any atom is -0.497 e. The molecule has 21 heavy (non-hydrogen) atoms. The number of rotatable bonds is 3. The van der Waals surface area contributed by atoms with E-state index in [0.717, 1.165) is 23.1 Å². The third-order valence-electron chi connectivity index (χ3n) is 3.42. The van der Waals surface area contributed by atoms with E-state index >= 15 is 0 Å². The largest absolute Gasteiger partial charge is 0.497 e. The summed E-state index contributed by atoms with van der Waals surface area (Å²) in [5.41, 5.74) is 1.20. The monoisotopic (exact) mass is 279 g/mol. The lowest BCUT2D eigenvalue weighted by molar-refractivity contribution is 0.112. The van der Waals surface area contributed by atoms with Crippen LogP contribution in [0.1, 0.15) is 10.4 Å². The Kier molecular flexibility index (Phi) is 3.28. The normalized spacial score (nSPS) is 10.5. The quantitative estimate of drug-likeness (QED) is 0.693. The van der Waals surface area contributed by atoms with Crippen molar-refractivity contribution >= 4 is 17.1 Å². The average molecular weight is 279 g/mol. The van der Waals surface area contributed by atoms with E-state index in [-0.39, 0.29) is 5.56 Å². The van der Waals surface area contributed by atoms with Gasteiger partial charge in [0.15, 0.2) is 0 Å². The fourth-order valence-electron chi connectivity index (χ4n) is 2.27. The predicted octanol–water partition coefficient (Wildman–Crippen LogP) is 2.81. The number of aromatic nitrogens is 1. The molecule has 3 rings (SSSR count). The van der Waals surface area contributed by atoms with E-state index in [0.29, 0.717) is 10.9 Å². The molecule has 4 nitrogen and oxygen atoms in total. The molecule has 0 bridgehead atoms. The Hall–Kier alpha value is -2.88. The summed E-state index contributed by atoms with van der Waals surface area (Å²) in [7, 11) is 1.59. The Labute approximate surface area is 121 Å². The Balaban J connectivity index is 2.17. The van der Waals surface area contributed by atoms with Crippen LogP contribution in [-0.2, 0) is 0 Å². The maximum absolute atomic E-state index is 12.5. The number of carbonyl (C=O) groups is 1. The summed E-state index contributed by atoms with van der Waals surface area (Å²) in [5, 5.41) is 1.46. The van der Waals surface area contributed by atoms with Crippen LogP contribution >= 0.6 is 0 Å². The van der Waals surface area contributed by atoms with Gasteiger partial charge < -0.3 is 4.74 Å². The summed E-state index contributed by atoms with van der Waals surface area (Å²) >= 11 is 0. The average Bonchev–Trinajstić information content (AvgIpc) is 2.55. The van der Waals surface area contributed by atoms with Crippen LogP contribution < -0.4 is 10.3 Å². The summed E-state index contributed by atoms with van der Waals surface area (Å²) in [6.07, 6.45) is 2.50. The molecule has 0 aliphatic rings. The topological polar surface area (TPSA) is 48.3 Å². The molecule has 1 aromatic heterocycles. The zero-order valence-electron chi connectivity index (χ0n) is 11.4. The van der Waals surface area contributed by atoms with Crippen molar-refractivity contribution in [2.45, 2.75) is 0 Å². The summed E-state index contributed by atoms with van der Waals surface area (Å²) < 4.78 is 6.72. The molecule has 104 valence electrons. The van der Waals surface area contributed by atoms with Gasteiger partial charge in [0.2, 0.25) is 0 Å². The molecule has 0 N–H and O–H groups in total. The molecule has 1 heterocycles. The van der Waals surface area contributed by atoms with Gasteiger partial charge >= 0.3 is 0 Å². The predicted molar refractivity (Wildman–Crippen MR) is 81.5 cm³/mol. The Morgan fingerprint density at radius 3 is 2.48 bits per heavy atom. The number of ether oxygens (including phenoxy) is 1. The molecule has 3 aromatic rings. The fraction of sp³-hybridized carbons (Fsp3) is 0.0588. The molecule has 0 spiro atoms. The number of nitrogens with zero attached hydrogens (tertiary/aromatic N) is 1. The van der Waals surface area contributed by atoms with Gasteiger partial charge in [-0.3, -0.25) is 14.2 Å². The van der Waals surface area contributed by atoms with Crippen molar-refractivity contribution in [2.24, 2.45) is 0 Å². The van der Waals surface area contributed by atoms with Gasteiger partial charge in [-0.1, -0.05) is 0 Å².